The Balaban J connectivity index is 1.45. The first kappa shape index (κ1) is 17.7. The molecule has 3 aromatic heterocycles. The summed E-state index contributed by atoms with van der Waals surface area (Å²) in [6, 6.07) is 4.05. The van der Waals surface area contributed by atoms with Gasteiger partial charge in [-0.15, -0.1) is 0 Å². The Morgan fingerprint density at radius 2 is 2.33 bits per heavy atom. The Morgan fingerprint density at radius 1 is 1.48 bits per heavy atom. The molecule has 1 saturated heterocycles. The van der Waals surface area contributed by atoms with Gasteiger partial charge in [-0.3, -0.25) is 0 Å². The van der Waals surface area contributed by atoms with Crippen LogP contribution in [-0.2, 0) is 10.2 Å². The maximum absolute atomic E-state index is 12.4. The number of aromatic nitrogens is 4. The summed E-state index contributed by atoms with van der Waals surface area (Å²) in [5.74, 6) is -0.230. The minimum absolute atomic E-state index is 0.218. The van der Waals surface area contributed by atoms with Crippen LogP contribution < -0.4 is 4.72 Å². The van der Waals surface area contributed by atoms with Gasteiger partial charge in [-0.1, -0.05) is 6.58 Å². The van der Waals surface area contributed by atoms with Crippen molar-refractivity contribution in [1.82, 2.24) is 28.5 Å². The molecule has 1 unspecified atom stereocenters. The van der Waals surface area contributed by atoms with Gasteiger partial charge in [0.1, 0.15) is 17.5 Å². The number of H-pyrrole nitrogens is 1. The molecule has 0 radical (unpaired) electrons. The number of hydrogen-bond donors (Lipinski definition) is 2. The van der Waals surface area contributed by atoms with Crippen LogP contribution in [0.5, 0.6) is 0 Å². The van der Waals surface area contributed by atoms with Gasteiger partial charge in [0.05, 0.1) is 23.7 Å². The fourth-order valence-corrected chi connectivity index (χ4v) is 4.60. The second-order valence-corrected chi connectivity index (χ2v) is 8.29. The van der Waals surface area contributed by atoms with Crippen molar-refractivity contribution >= 4 is 38.0 Å². The van der Waals surface area contributed by atoms with Gasteiger partial charge < -0.3 is 9.55 Å². The van der Waals surface area contributed by atoms with Crippen molar-refractivity contribution in [1.29, 1.82) is 5.26 Å². The van der Waals surface area contributed by atoms with Crippen molar-refractivity contribution < 1.29 is 8.42 Å². The fourth-order valence-electron chi connectivity index (χ4n) is 3.34. The zero-order chi connectivity index (χ0) is 19.0. The van der Waals surface area contributed by atoms with Crippen molar-refractivity contribution in [2.45, 2.75) is 12.8 Å². The summed E-state index contributed by atoms with van der Waals surface area (Å²) < 4.78 is 30.5. The molecule has 1 atom stereocenters. The lowest BCUT2D eigenvalue weighted by atomic mass is 10.1. The Labute approximate surface area is 156 Å². The average Bonchev–Trinajstić information content (AvgIpc) is 3.38. The van der Waals surface area contributed by atoms with Gasteiger partial charge in [0, 0.05) is 43.3 Å². The molecular weight excluding hydrogens is 366 g/mol. The fraction of sp³-hybridized carbons (Fsp3) is 0.353. The van der Waals surface area contributed by atoms with Crippen LogP contribution in [0.3, 0.4) is 0 Å². The lowest BCUT2D eigenvalue weighted by Crippen LogP contribution is -2.39. The molecule has 1 aliphatic rings. The molecule has 0 aromatic carbocycles. The van der Waals surface area contributed by atoms with Gasteiger partial charge in [0.2, 0.25) is 0 Å². The molecule has 10 heteroatoms. The Bertz CT molecular complexity index is 1160. The highest BCUT2D eigenvalue weighted by molar-refractivity contribution is 7.87. The van der Waals surface area contributed by atoms with Gasteiger partial charge >= 0.3 is 0 Å². The maximum atomic E-state index is 12.4. The molecule has 0 bridgehead atoms. The van der Waals surface area contributed by atoms with E-state index in [1.54, 1.807) is 12.5 Å². The third-order valence-electron chi connectivity index (χ3n) is 4.80. The van der Waals surface area contributed by atoms with Gasteiger partial charge in [-0.2, -0.15) is 18.0 Å². The van der Waals surface area contributed by atoms with Crippen LogP contribution in [0.1, 0.15) is 12.8 Å². The zero-order valence-corrected chi connectivity index (χ0v) is 15.4. The van der Waals surface area contributed by atoms with Crippen LogP contribution in [-0.4, -0.2) is 51.9 Å². The van der Waals surface area contributed by atoms with Crippen LogP contribution in [0.2, 0.25) is 0 Å². The number of aromatic amines is 1. The van der Waals surface area contributed by atoms with Crippen LogP contribution in [0.15, 0.2) is 31.4 Å². The first-order valence-electron chi connectivity index (χ1n) is 8.61. The molecule has 27 heavy (non-hydrogen) atoms. The number of nitriles is 1. The van der Waals surface area contributed by atoms with E-state index < -0.39 is 10.2 Å². The number of pyridine rings is 1. The predicted octanol–water partition coefficient (Wildman–Crippen LogP) is 1.45. The van der Waals surface area contributed by atoms with Crippen LogP contribution in [0.4, 0.5) is 0 Å². The first-order chi connectivity index (χ1) is 13.0. The Morgan fingerprint density at radius 3 is 3.11 bits per heavy atom. The Kier molecular flexibility index (Phi) is 4.43. The molecule has 0 spiro atoms. The minimum Gasteiger partial charge on any atom is -0.346 e. The van der Waals surface area contributed by atoms with Crippen molar-refractivity contribution in [2.24, 2.45) is 5.92 Å². The molecule has 3 aromatic rings. The molecule has 4 heterocycles. The molecule has 0 saturated carbocycles. The van der Waals surface area contributed by atoms with Crippen LogP contribution >= 0.6 is 0 Å². The standard InChI is InChI=1S/C17H19N7O2S/c1-12(2-6-22-27(25,26)23-7-4-13(8-18)10-23)24-11-21-15-9-20-17-14(16(15)24)3-5-19-17/h3,5,9,11,13,22H,1-2,4,6-7,10H2,(H,19,20). The van der Waals surface area contributed by atoms with E-state index in [-0.39, 0.29) is 19.0 Å². The van der Waals surface area contributed by atoms with Gasteiger partial charge in [-0.05, 0) is 12.5 Å². The molecule has 1 aliphatic heterocycles. The van der Waals surface area contributed by atoms with Crippen molar-refractivity contribution in [3.05, 3.63) is 31.4 Å². The lowest BCUT2D eigenvalue weighted by molar-refractivity contribution is 0.460. The molecule has 0 amide bonds. The summed E-state index contributed by atoms with van der Waals surface area (Å²) in [7, 11) is -3.58. The van der Waals surface area contributed by atoms with Gasteiger partial charge in [-0.25, -0.2) is 14.7 Å². The van der Waals surface area contributed by atoms with E-state index in [2.05, 4.69) is 32.3 Å². The molecular formula is C17H19N7O2S. The molecule has 9 nitrogen and oxygen atoms in total. The molecule has 0 aliphatic carbocycles. The third kappa shape index (κ3) is 3.21. The van der Waals surface area contributed by atoms with Crippen LogP contribution in [0, 0.1) is 17.2 Å². The van der Waals surface area contributed by atoms with E-state index in [9.17, 15) is 8.42 Å². The number of fused-ring (bicyclic) bond motifs is 3. The van der Waals surface area contributed by atoms with E-state index in [0.717, 1.165) is 27.8 Å². The highest BCUT2D eigenvalue weighted by Gasteiger charge is 2.30. The number of imidazole rings is 1. The second-order valence-electron chi connectivity index (χ2n) is 6.53. The largest absolute Gasteiger partial charge is 0.346 e. The number of hydrogen-bond acceptors (Lipinski definition) is 5. The minimum atomic E-state index is -3.58. The van der Waals surface area contributed by atoms with Crippen molar-refractivity contribution in [2.75, 3.05) is 19.6 Å². The zero-order valence-electron chi connectivity index (χ0n) is 14.6. The SMILES string of the molecule is C=C(CCNS(=O)(=O)N1CCC(C#N)C1)n1cnc2cnc3[nH]ccc3c21. The normalized spacial score (nSPS) is 18.3. The van der Waals surface area contributed by atoms with E-state index in [4.69, 9.17) is 5.26 Å². The summed E-state index contributed by atoms with van der Waals surface area (Å²) in [5, 5.41) is 9.87. The van der Waals surface area contributed by atoms with Gasteiger partial charge in [0.25, 0.3) is 10.2 Å². The van der Waals surface area contributed by atoms with Crippen LogP contribution in [0.25, 0.3) is 27.8 Å². The lowest BCUT2D eigenvalue weighted by Gasteiger charge is -2.17. The second kappa shape index (κ2) is 6.77. The first-order valence-corrected chi connectivity index (χ1v) is 10.1. The highest BCUT2D eigenvalue weighted by atomic mass is 32.2. The maximum Gasteiger partial charge on any atom is 0.279 e. The quantitative estimate of drug-likeness (QED) is 0.665. The smallest absolute Gasteiger partial charge is 0.279 e. The topological polar surface area (TPSA) is 120 Å². The van der Waals surface area contributed by atoms with Gasteiger partial charge in [0.15, 0.2) is 0 Å². The third-order valence-corrected chi connectivity index (χ3v) is 6.38. The molecule has 4 rings (SSSR count). The van der Waals surface area contributed by atoms with E-state index >= 15 is 0 Å². The molecule has 140 valence electrons. The number of nitrogens with zero attached hydrogens (tertiary/aromatic N) is 5. The predicted molar refractivity (Wildman–Crippen MR) is 102 cm³/mol. The van der Waals surface area contributed by atoms with E-state index in [1.807, 2.05) is 16.8 Å². The summed E-state index contributed by atoms with van der Waals surface area (Å²) in [5.41, 5.74) is 3.14. The Hall–Kier alpha value is -2.74. The van der Waals surface area contributed by atoms with E-state index in [1.165, 1.54) is 4.31 Å². The van der Waals surface area contributed by atoms with Crippen molar-refractivity contribution in [3.63, 3.8) is 0 Å². The summed E-state index contributed by atoms with van der Waals surface area (Å²) in [6.07, 6.45) is 6.18. The average molecular weight is 385 g/mol. The summed E-state index contributed by atoms with van der Waals surface area (Å²) in [6.45, 7) is 4.92. The summed E-state index contributed by atoms with van der Waals surface area (Å²) in [4.78, 5) is 11.7. The monoisotopic (exact) mass is 385 g/mol. The molecule has 1 fully saturated rings. The van der Waals surface area contributed by atoms with E-state index in [0.29, 0.717) is 19.4 Å². The van der Waals surface area contributed by atoms with Crippen molar-refractivity contribution in [3.8, 4) is 6.07 Å². The molecule has 2 N–H and O–H groups in total. The summed E-state index contributed by atoms with van der Waals surface area (Å²) >= 11 is 0. The number of rotatable bonds is 6. The number of nitrogens with one attached hydrogen (secondary N) is 2. The highest BCUT2D eigenvalue weighted by Crippen LogP contribution is 2.25.